The van der Waals surface area contributed by atoms with E-state index in [0.29, 0.717) is 12.0 Å². The summed E-state index contributed by atoms with van der Waals surface area (Å²) in [4.78, 5) is 9.96. The van der Waals surface area contributed by atoms with Gasteiger partial charge in [0.2, 0.25) is 0 Å². The van der Waals surface area contributed by atoms with Crippen LogP contribution in [0.4, 0.5) is 17.1 Å². The van der Waals surface area contributed by atoms with Gasteiger partial charge in [-0.2, -0.15) is 0 Å². The lowest BCUT2D eigenvalue weighted by Crippen LogP contribution is -2.33. The molecule has 0 fully saturated rings. The van der Waals surface area contributed by atoms with Crippen LogP contribution in [0.1, 0.15) is 61.4 Å². The minimum absolute atomic E-state index is 0.387. The van der Waals surface area contributed by atoms with Crippen molar-refractivity contribution < 1.29 is 0 Å². The number of para-hydroxylation sites is 3. The molecule has 4 heteroatoms. The highest BCUT2D eigenvalue weighted by Gasteiger charge is 2.46. The van der Waals surface area contributed by atoms with Crippen molar-refractivity contribution in [3.8, 4) is 16.9 Å². The molecule has 0 spiro atoms. The van der Waals surface area contributed by atoms with E-state index in [9.17, 15) is 0 Å². The number of hydrogen-bond acceptors (Lipinski definition) is 3. The molecule has 0 unspecified atom stereocenters. The number of hydrogen-bond donors (Lipinski definition) is 0. The maximum absolute atomic E-state index is 4.99. The molecule has 0 amide bonds. The van der Waals surface area contributed by atoms with Crippen LogP contribution in [0.5, 0.6) is 0 Å². The Labute approximate surface area is 311 Å². The SMILES string of the molecule is CC(C)c1ccnc(-n2c3ccccc3c3ccc(C4(c5cccc(N6CN(C(C)C)c7ccccc76)c5)c5ccccc5-c5ccccc54)cc32)c1. The van der Waals surface area contributed by atoms with Gasteiger partial charge in [0.15, 0.2) is 0 Å². The summed E-state index contributed by atoms with van der Waals surface area (Å²) >= 11 is 0. The molecule has 0 N–H and O–H groups in total. The van der Waals surface area contributed by atoms with Gasteiger partial charge in [0, 0.05) is 28.7 Å². The molecule has 0 radical (unpaired) electrons. The molecule has 10 rings (SSSR count). The van der Waals surface area contributed by atoms with Crippen molar-refractivity contribution in [3.63, 3.8) is 0 Å². The minimum atomic E-state index is -0.553. The number of anilines is 3. The van der Waals surface area contributed by atoms with E-state index in [0.717, 1.165) is 18.0 Å². The summed E-state index contributed by atoms with van der Waals surface area (Å²) in [6.45, 7) is 9.87. The summed E-state index contributed by atoms with van der Waals surface area (Å²) < 4.78 is 2.37. The second-order valence-electron chi connectivity index (χ2n) is 15.2. The third kappa shape index (κ3) is 4.58. The summed E-state index contributed by atoms with van der Waals surface area (Å²) in [5.74, 6) is 1.35. The summed E-state index contributed by atoms with van der Waals surface area (Å²) in [6, 6.07) is 56.9. The zero-order valence-electron chi connectivity index (χ0n) is 30.7. The monoisotopic (exact) mass is 686 g/mol. The molecule has 0 atom stereocenters. The van der Waals surface area contributed by atoms with E-state index < -0.39 is 5.41 Å². The van der Waals surface area contributed by atoms with Crippen LogP contribution in [0, 0.1) is 0 Å². The Balaban J connectivity index is 1.26. The zero-order valence-corrected chi connectivity index (χ0v) is 30.7. The Hall–Kier alpha value is -6.13. The molecule has 2 aliphatic rings. The molecule has 3 heterocycles. The molecule has 8 aromatic rings. The Morgan fingerprint density at radius 3 is 1.98 bits per heavy atom. The van der Waals surface area contributed by atoms with E-state index in [1.165, 1.54) is 72.3 Å². The number of benzene rings is 6. The Bertz CT molecular complexity index is 2650. The van der Waals surface area contributed by atoms with Crippen LogP contribution in [-0.4, -0.2) is 22.3 Å². The van der Waals surface area contributed by atoms with Crippen molar-refractivity contribution in [1.29, 1.82) is 0 Å². The third-order valence-electron chi connectivity index (χ3n) is 11.7. The van der Waals surface area contributed by atoms with E-state index >= 15 is 0 Å². The molecule has 258 valence electrons. The number of nitrogens with zero attached hydrogens (tertiary/aromatic N) is 4. The quantitative estimate of drug-likeness (QED) is 0.174. The standard InChI is InChI=1S/C49H42N4/c1-32(2)34-26-27-50-48(28-34)53-44-21-10-7-18-40(44)41-25-24-36(30-47(41)53)49(42-19-8-5-16-38(42)39-17-6-9-20-43(39)49)35-14-13-15-37(29-35)52-31-51(33(3)4)45-22-11-12-23-46(45)52/h5-30,32-33H,31H2,1-4H3. The predicted octanol–water partition coefficient (Wildman–Crippen LogP) is 12.0. The summed E-state index contributed by atoms with van der Waals surface area (Å²) in [7, 11) is 0. The van der Waals surface area contributed by atoms with Crippen molar-refractivity contribution in [2.24, 2.45) is 0 Å². The van der Waals surface area contributed by atoms with Crippen LogP contribution in [-0.2, 0) is 5.41 Å². The fourth-order valence-corrected chi connectivity index (χ4v) is 9.20. The lowest BCUT2D eigenvalue weighted by molar-refractivity contribution is 0.708. The van der Waals surface area contributed by atoms with Gasteiger partial charge in [-0.25, -0.2) is 4.98 Å². The summed E-state index contributed by atoms with van der Waals surface area (Å²) in [5.41, 5.74) is 14.5. The van der Waals surface area contributed by atoms with E-state index in [1.54, 1.807) is 0 Å². The first kappa shape index (κ1) is 31.6. The average molecular weight is 687 g/mol. The van der Waals surface area contributed by atoms with Crippen LogP contribution < -0.4 is 9.80 Å². The molecular formula is C49H42N4. The van der Waals surface area contributed by atoms with Gasteiger partial charge in [-0.1, -0.05) is 117 Å². The van der Waals surface area contributed by atoms with E-state index in [2.05, 4.69) is 194 Å². The van der Waals surface area contributed by atoms with Crippen molar-refractivity contribution in [1.82, 2.24) is 9.55 Å². The largest absolute Gasteiger partial charge is 0.349 e. The molecule has 0 saturated heterocycles. The van der Waals surface area contributed by atoms with Crippen LogP contribution >= 0.6 is 0 Å². The molecule has 2 aromatic heterocycles. The molecule has 0 saturated carbocycles. The van der Waals surface area contributed by atoms with Crippen LogP contribution in [0.2, 0.25) is 0 Å². The molecule has 53 heavy (non-hydrogen) atoms. The molecular weight excluding hydrogens is 645 g/mol. The average Bonchev–Trinajstić information content (AvgIpc) is 3.85. The Kier molecular flexibility index (Phi) is 7.13. The van der Waals surface area contributed by atoms with Crippen molar-refractivity contribution in [2.75, 3.05) is 16.5 Å². The third-order valence-corrected chi connectivity index (χ3v) is 11.7. The fourth-order valence-electron chi connectivity index (χ4n) is 9.20. The first-order valence-electron chi connectivity index (χ1n) is 18.9. The molecule has 1 aliphatic heterocycles. The van der Waals surface area contributed by atoms with E-state index in [1.807, 2.05) is 6.20 Å². The number of aromatic nitrogens is 2. The topological polar surface area (TPSA) is 24.3 Å². The van der Waals surface area contributed by atoms with E-state index in [4.69, 9.17) is 4.98 Å². The molecule has 1 aliphatic carbocycles. The van der Waals surface area contributed by atoms with Gasteiger partial charge < -0.3 is 9.80 Å². The van der Waals surface area contributed by atoms with Gasteiger partial charge in [-0.15, -0.1) is 0 Å². The Morgan fingerprint density at radius 2 is 1.23 bits per heavy atom. The molecule has 0 bridgehead atoms. The predicted molar refractivity (Wildman–Crippen MR) is 221 cm³/mol. The van der Waals surface area contributed by atoms with Gasteiger partial charge >= 0.3 is 0 Å². The van der Waals surface area contributed by atoms with Crippen LogP contribution in [0.3, 0.4) is 0 Å². The summed E-state index contributed by atoms with van der Waals surface area (Å²) in [6.07, 6.45) is 1.96. The van der Waals surface area contributed by atoms with Crippen LogP contribution in [0.25, 0.3) is 38.8 Å². The normalized spacial score (nSPS) is 14.4. The first-order valence-corrected chi connectivity index (χ1v) is 18.9. The van der Waals surface area contributed by atoms with Gasteiger partial charge in [0.1, 0.15) is 5.82 Å². The zero-order chi connectivity index (χ0) is 35.8. The van der Waals surface area contributed by atoms with Gasteiger partial charge in [0.05, 0.1) is 34.5 Å². The number of pyridine rings is 1. The van der Waals surface area contributed by atoms with Gasteiger partial charge in [0.25, 0.3) is 0 Å². The second-order valence-corrected chi connectivity index (χ2v) is 15.2. The van der Waals surface area contributed by atoms with Crippen LogP contribution in [0.15, 0.2) is 158 Å². The first-order chi connectivity index (χ1) is 25.9. The maximum atomic E-state index is 4.99. The lowest BCUT2D eigenvalue weighted by Gasteiger charge is -2.35. The summed E-state index contributed by atoms with van der Waals surface area (Å²) in [5, 5.41) is 2.46. The highest BCUT2D eigenvalue weighted by atomic mass is 15.4. The number of fused-ring (bicyclic) bond motifs is 7. The van der Waals surface area contributed by atoms with Gasteiger partial charge in [-0.3, -0.25) is 4.57 Å². The highest BCUT2D eigenvalue weighted by Crippen LogP contribution is 2.57. The maximum Gasteiger partial charge on any atom is 0.137 e. The highest BCUT2D eigenvalue weighted by molar-refractivity contribution is 6.09. The number of rotatable bonds is 6. The van der Waals surface area contributed by atoms with Crippen molar-refractivity contribution >= 4 is 38.9 Å². The van der Waals surface area contributed by atoms with Crippen molar-refractivity contribution in [2.45, 2.75) is 45.1 Å². The molecule has 4 nitrogen and oxygen atoms in total. The van der Waals surface area contributed by atoms with Gasteiger partial charge in [-0.05, 0) is 107 Å². The smallest absolute Gasteiger partial charge is 0.137 e. The minimum Gasteiger partial charge on any atom is -0.349 e. The Morgan fingerprint density at radius 1 is 0.566 bits per heavy atom. The fraction of sp³-hybridized carbons (Fsp3) is 0.163. The molecule has 6 aromatic carbocycles. The second kappa shape index (κ2) is 12.0. The van der Waals surface area contributed by atoms with Crippen molar-refractivity contribution in [3.05, 3.63) is 186 Å². The lowest BCUT2D eigenvalue weighted by atomic mass is 9.67. The van der Waals surface area contributed by atoms with E-state index in [-0.39, 0.29) is 0 Å².